The van der Waals surface area contributed by atoms with Gasteiger partial charge in [0.25, 0.3) is 0 Å². The van der Waals surface area contributed by atoms with E-state index in [1.807, 2.05) is 24.3 Å². The van der Waals surface area contributed by atoms with Crippen LogP contribution in [0, 0.1) is 5.92 Å². The van der Waals surface area contributed by atoms with Gasteiger partial charge in [-0.2, -0.15) is 0 Å². The molecule has 2 aliphatic carbocycles. The van der Waals surface area contributed by atoms with Gasteiger partial charge in [-0.25, -0.2) is 4.79 Å². The van der Waals surface area contributed by atoms with Crippen molar-refractivity contribution in [1.82, 2.24) is 10.6 Å². The van der Waals surface area contributed by atoms with Crippen LogP contribution in [0.3, 0.4) is 0 Å². The molecular weight excluding hydrogens is 432 g/mol. The van der Waals surface area contributed by atoms with Crippen LogP contribution in [0.15, 0.2) is 60.7 Å². The molecule has 1 saturated carbocycles. The number of carboxylic acids is 1. The predicted octanol–water partition coefficient (Wildman–Crippen LogP) is 4.23. The zero-order chi connectivity index (χ0) is 23.9. The van der Waals surface area contributed by atoms with Gasteiger partial charge >= 0.3 is 12.1 Å². The van der Waals surface area contributed by atoms with Crippen molar-refractivity contribution in [1.29, 1.82) is 0 Å². The number of carbonyl (C=O) groups is 3. The third-order valence-electron chi connectivity index (χ3n) is 6.65. The van der Waals surface area contributed by atoms with Gasteiger partial charge in [0.05, 0.1) is 6.42 Å². The minimum absolute atomic E-state index is 0.00582. The number of amides is 2. The molecule has 4 rings (SSSR count). The number of nitrogens with one attached hydrogen (secondary N) is 2. The van der Waals surface area contributed by atoms with E-state index in [1.165, 1.54) is 17.2 Å². The Bertz CT molecular complexity index is 1030. The number of carbonyl (C=O) groups excluding carboxylic acids is 2. The Kier molecular flexibility index (Phi) is 7.62. The van der Waals surface area contributed by atoms with Crippen molar-refractivity contribution >= 4 is 18.0 Å². The third-order valence-corrected chi connectivity index (χ3v) is 6.65. The number of aliphatic carboxylic acids is 1. The fourth-order valence-electron chi connectivity index (χ4n) is 5.05. The number of carboxylic acid groups (broad SMARTS) is 1. The Hall–Kier alpha value is -3.61. The number of fused-ring (bicyclic) bond motifs is 3. The smallest absolute Gasteiger partial charge is 0.407 e. The normalized spacial score (nSPS) is 19.3. The van der Waals surface area contributed by atoms with Crippen LogP contribution in [-0.4, -0.2) is 42.3 Å². The van der Waals surface area contributed by atoms with Gasteiger partial charge in [-0.15, -0.1) is 0 Å². The Morgan fingerprint density at radius 3 is 2.29 bits per heavy atom. The molecule has 3 N–H and O–H groups in total. The molecule has 2 atom stereocenters. The highest BCUT2D eigenvalue weighted by atomic mass is 16.5. The zero-order valence-electron chi connectivity index (χ0n) is 19.0. The molecule has 0 bridgehead atoms. The average Bonchev–Trinajstić information content (AvgIpc) is 3.15. The molecule has 0 radical (unpaired) electrons. The van der Waals surface area contributed by atoms with Gasteiger partial charge in [-0.1, -0.05) is 67.4 Å². The highest BCUT2D eigenvalue weighted by molar-refractivity contribution is 5.88. The third kappa shape index (κ3) is 5.65. The molecule has 178 valence electrons. The van der Waals surface area contributed by atoms with E-state index in [1.54, 1.807) is 6.08 Å². The topological polar surface area (TPSA) is 105 Å². The molecule has 1 fully saturated rings. The SMILES string of the molecule is O=C(O)C[C@H]1CCCC[C@H]1NC(=O)/C=C/CNC(=O)OCC1c2ccccc2-c2ccccc21. The lowest BCUT2D eigenvalue weighted by Gasteiger charge is -2.30. The molecule has 34 heavy (non-hydrogen) atoms. The minimum Gasteiger partial charge on any atom is -0.481 e. The van der Waals surface area contributed by atoms with Crippen molar-refractivity contribution in [3.8, 4) is 11.1 Å². The summed E-state index contributed by atoms with van der Waals surface area (Å²) in [5.74, 6) is -1.16. The lowest BCUT2D eigenvalue weighted by molar-refractivity contribution is -0.139. The minimum atomic E-state index is -0.839. The Balaban J connectivity index is 1.23. The number of hydrogen-bond donors (Lipinski definition) is 3. The predicted molar refractivity (Wildman–Crippen MR) is 128 cm³/mol. The van der Waals surface area contributed by atoms with E-state index in [2.05, 4.69) is 34.9 Å². The highest BCUT2D eigenvalue weighted by Crippen LogP contribution is 2.44. The van der Waals surface area contributed by atoms with E-state index in [9.17, 15) is 14.4 Å². The monoisotopic (exact) mass is 462 g/mol. The fourth-order valence-corrected chi connectivity index (χ4v) is 5.05. The molecule has 0 aromatic heterocycles. The second-order valence-corrected chi connectivity index (χ2v) is 8.87. The summed E-state index contributed by atoms with van der Waals surface area (Å²) in [6, 6.07) is 16.2. The first-order valence-electron chi connectivity index (χ1n) is 11.8. The van der Waals surface area contributed by atoms with Gasteiger partial charge in [0.1, 0.15) is 6.61 Å². The molecule has 0 unspecified atom stereocenters. The number of rotatable bonds is 8. The molecule has 0 heterocycles. The van der Waals surface area contributed by atoms with Crippen LogP contribution in [0.4, 0.5) is 4.79 Å². The number of benzene rings is 2. The van der Waals surface area contributed by atoms with Gasteiger partial charge in [0.15, 0.2) is 0 Å². The van der Waals surface area contributed by atoms with Crippen molar-refractivity contribution in [3.63, 3.8) is 0 Å². The largest absolute Gasteiger partial charge is 0.481 e. The van der Waals surface area contributed by atoms with Gasteiger partial charge in [-0.05, 0) is 41.0 Å². The van der Waals surface area contributed by atoms with Gasteiger partial charge in [-0.3, -0.25) is 9.59 Å². The molecule has 2 aromatic rings. The Labute approximate surface area is 199 Å². The lowest BCUT2D eigenvalue weighted by Crippen LogP contribution is -2.42. The maximum Gasteiger partial charge on any atom is 0.407 e. The Morgan fingerprint density at radius 2 is 1.62 bits per heavy atom. The summed E-state index contributed by atoms with van der Waals surface area (Å²) in [5.41, 5.74) is 4.64. The Morgan fingerprint density at radius 1 is 0.971 bits per heavy atom. The van der Waals surface area contributed by atoms with Crippen molar-refractivity contribution in [3.05, 3.63) is 71.8 Å². The van der Waals surface area contributed by atoms with Crippen LogP contribution in [0.1, 0.15) is 49.1 Å². The summed E-state index contributed by atoms with van der Waals surface area (Å²) >= 11 is 0. The van der Waals surface area contributed by atoms with E-state index in [0.717, 1.165) is 36.8 Å². The molecule has 2 aromatic carbocycles. The zero-order valence-corrected chi connectivity index (χ0v) is 19.0. The second-order valence-electron chi connectivity index (χ2n) is 8.87. The lowest BCUT2D eigenvalue weighted by atomic mass is 9.82. The van der Waals surface area contributed by atoms with E-state index >= 15 is 0 Å². The maximum atomic E-state index is 12.2. The second kappa shape index (κ2) is 11.0. The van der Waals surface area contributed by atoms with Gasteiger partial charge in [0, 0.05) is 24.6 Å². The van der Waals surface area contributed by atoms with Crippen molar-refractivity contribution in [2.45, 2.75) is 44.1 Å². The molecule has 2 amide bonds. The summed E-state index contributed by atoms with van der Waals surface area (Å²) < 4.78 is 5.48. The van der Waals surface area contributed by atoms with Gasteiger partial charge in [0.2, 0.25) is 5.91 Å². The fraction of sp³-hybridized carbons (Fsp3) is 0.370. The number of ether oxygens (including phenoxy) is 1. The van der Waals surface area contributed by atoms with Crippen molar-refractivity contribution in [2.24, 2.45) is 5.92 Å². The molecule has 7 heteroatoms. The van der Waals surface area contributed by atoms with E-state index in [0.29, 0.717) is 0 Å². The van der Waals surface area contributed by atoms with E-state index in [4.69, 9.17) is 9.84 Å². The molecule has 0 aliphatic heterocycles. The summed E-state index contributed by atoms with van der Waals surface area (Å²) in [7, 11) is 0. The summed E-state index contributed by atoms with van der Waals surface area (Å²) in [5, 5.41) is 14.6. The van der Waals surface area contributed by atoms with Crippen LogP contribution in [0.2, 0.25) is 0 Å². The van der Waals surface area contributed by atoms with Crippen molar-refractivity contribution in [2.75, 3.05) is 13.2 Å². The van der Waals surface area contributed by atoms with Crippen LogP contribution >= 0.6 is 0 Å². The molecule has 7 nitrogen and oxygen atoms in total. The first-order chi connectivity index (χ1) is 16.5. The first-order valence-corrected chi connectivity index (χ1v) is 11.8. The summed E-state index contributed by atoms with van der Waals surface area (Å²) in [6.45, 7) is 0.393. The highest BCUT2D eigenvalue weighted by Gasteiger charge is 2.29. The van der Waals surface area contributed by atoms with Gasteiger partial charge < -0.3 is 20.5 Å². The maximum absolute atomic E-state index is 12.2. The average molecular weight is 463 g/mol. The molecule has 0 saturated heterocycles. The van der Waals surface area contributed by atoms with Crippen LogP contribution < -0.4 is 10.6 Å². The van der Waals surface area contributed by atoms with E-state index < -0.39 is 12.1 Å². The quantitative estimate of drug-likeness (QED) is 0.509. The first kappa shape index (κ1) is 23.5. The number of alkyl carbamates (subject to hydrolysis) is 1. The van der Waals surface area contributed by atoms with Crippen LogP contribution in [0.25, 0.3) is 11.1 Å². The van der Waals surface area contributed by atoms with E-state index in [-0.39, 0.29) is 43.4 Å². The molecule has 2 aliphatic rings. The molecule has 0 spiro atoms. The standard InChI is InChI=1S/C27H30N2O5/c30-25(29-24-13-6-1-8-18(24)16-26(31)32)14-7-15-28-27(33)34-17-23-21-11-4-2-9-19(21)20-10-3-5-12-22(20)23/h2-5,7,9-12,14,18,23-24H,1,6,8,13,15-17H2,(H,28,33)(H,29,30)(H,31,32)/b14-7+/t18-,24-/m1/s1. The molecular formula is C27H30N2O5. The number of hydrogen-bond acceptors (Lipinski definition) is 4. The summed E-state index contributed by atoms with van der Waals surface area (Å²) in [6.07, 6.45) is 6.03. The van der Waals surface area contributed by atoms with Crippen LogP contribution in [0.5, 0.6) is 0 Å². The van der Waals surface area contributed by atoms with Crippen LogP contribution in [-0.2, 0) is 14.3 Å². The van der Waals surface area contributed by atoms with Crippen molar-refractivity contribution < 1.29 is 24.2 Å². The summed E-state index contributed by atoms with van der Waals surface area (Å²) in [4.78, 5) is 35.5.